The highest BCUT2D eigenvalue weighted by Crippen LogP contribution is 2.54. The van der Waals surface area contributed by atoms with E-state index >= 15 is 0 Å². The molecule has 3 aliphatic heterocycles. The number of hydrogen-bond acceptors (Lipinski definition) is 11. The van der Waals surface area contributed by atoms with Gasteiger partial charge in [-0.05, 0) is 78.0 Å². The Hall–Kier alpha value is -3.06. The summed E-state index contributed by atoms with van der Waals surface area (Å²) in [5.74, 6) is -2.24. The SMILES string of the molecule is CN(C)C1C(O)C2Oc3c(cc(O)c4c3C(=O)c3cc5c(c(O)c3C4=O)C(N3CCCC3)CC(C)(O)C5)C(C)(O2)C1O. The van der Waals surface area contributed by atoms with Gasteiger partial charge in [-0.15, -0.1) is 0 Å². The maximum atomic E-state index is 14.3. The number of likely N-dealkylation sites (N-methyl/N-ethyl adjacent to an activating group) is 1. The largest absolute Gasteiger partial charge is 0.507 e. The van der Waals surface area contributed by atoms with E-state index in [4.69, 9.17) is 9.47 Å². The Morgan fingerprint density at radius 3 is 2.36 bits per heavy atom. The molecule has 5 N–H and O–H groups in total. The van der Waals surface area contributed by atoms with Gasteiger partial charge in [0.25, 0.3) is 0 Å². The van der Waals surface area contributed by atoms with Crippen molar-refractivity contribution in [2.45, 2.75) is 81.3 Å². The fourth-order valence-electron chi connectivity index (χ4n) is 7.95. The topological polar surface area (TPSA) is 160 Å². The van der Waals surface area contributed by atoms with Crippen LogP contribution in [0.25, 0.3) is 0 Å². The molecule has 0 radical (unpaired) electrons. The number of carbonyl (C=O) groups is 2. The third kappa shape index (κ3) is 3.61. The number of aliphatic hydroxyl groups is 3. The zero-order valence-electron chi connectivity index (χ0n) is 24.0. The minimum absolute atomic E-state index is 0.0490. The minimum atomic E-state index is -1.48. The van der Waals surface area contributed by atoms with Crippen LogP contribution in [0.15, 0.2) is 12.1 Å². The molecule has 11 nitrogen and oxygen atoms in total. The maximum absolute atomic E-state index is 14.3. The van der Waals surface area contributed by atoms with E-state index < -0.39 is 53.1 Å². The number of benzene rings is 2. The van der Waals surface area contributed by atoms with Gasteiger partial charge in [-0.1, -0.05) is 0 Å². The third-order valence-corrected chi connectivity index (χ3v) is 9.97. The van der Waals surface area contributed by atoms with Gasteiger partial charge in [-0.25, -0.2) is 0 Å². The number of aliphatic hydroxyl groups excluding tert-OH is 2. The van der Waals surface area contributed by atoms with E-state index in [0.29, 0.717) is 17.5 Å². The van der Waals surface area contributed by atoms with E-state index in [1.807, 2.05) is 0 Å². The molecular weight excluding hydrogens is 544 g/mol. The number of ether oxygens (including phenoxy) is 2. The fourth-order valence-corrected chi connectivity index (χ4v) is 7.95. The number of hydrogen-bond donors (Lipinski definition) is 5. The van der Waals surface area contributed by atoms with Crippen LogP contribution in [0.5, 0.6) is 17.2 Å². The predicted molar refractivity (Wildman–Crippen MR) is 148 cm³/mol. The first kappa shape index (κ1) is 27.8. The first-order chi connectivity index (χ1) is 19.7. The molecule has 0 amide bonds. The highest BCUT2D eigenvalue weighted by Gasteiger charge is 2.59. The zero-order chi connectivity index (χ0) is 30.0. The molecule has 42 heavy (non-hydrogen) atoms. The van der Waals surface area contributed by atoms with E-state index in [-0.39, 0.29) is 51.8 Å². The van der Waals surface area contributed by atoms with E-state index in [2.05, 4.69) is 4.90 Å². The number of fused-ring (bicyclic) bond motifs is 8. The molecule has 7 atom stereocenters. The van der Waals surface area contributed by atoms with E-state index in [1.54, 1.807) is 38.9 Å². The second-order valence-electron chi connectivity index (χ2n) is 13.1. The van der Waals surface area contributed by atoms with Crippen molar-refractivity contribution < 1.29 is 44.6 Å². The van der Waals surface area contributed by atoms with Crippen LogP contribution in [-0.4, -0.2) is 104 Å². The molecule has 2 aliphatic carbocycles. The molecule has 7 rings (SSSR count). The quantitative estimate of drug-likeness (QED) is 0.298. The first-order valence-corrected chi connectivity index (χ1v) is 14.5. The van der Waals surface area contributed by atoms with Crippen LogP contribution < -0.4 is 4.74 Å². The van der Waals surface area contributed by atoms with Crippen molar-refractivity contribution in [2.24, 2.45) is 0 Å². The van der Waals surface area contributed by atoms with Gasteiger partial charge in [0.1, 0.15) is 35.1 Å². The second kappa shape index (κ2) is 8.98. The van der Waals surface area contributed by atoms with Crippen molar-refractivity contribution in [2.75, 3.05) is 27.2 Å². The van der Waals surface area contributed by atoms with Crippen LogP contribution in [-0.2, 0) is 16.8 Å². The number of phenols is 2. The summed E-state index contributed by atoms with van der Waals surface area (Å²) in [6.07, 6.45) is -1.28. The summed E-state index contributed by atoms with van der Waals surface area (Å²) in [5.41, 5.74) is -2.01. The Balaban J connectivity index is 1.42. The average molecular weight is 581 g/mol. The molecule has 2 fully saturated rings. The Morgan fingerprint density at radius 2 is 1.69 bits per heavy atom. The molecule has 2 aromatic rings. The summed E-state index contributed by atoms with van der Waals surface area (Å²) in [4.78, 5) is 32.2. The molecule has 11 heteroatoms. The number of nitrogens with zero attached hydrogens (tertiary/aromatic N) is 2. The van der Waals surface area contributed by atoms with Gasteiger partial charge in [-0.2, -0.15) is 0 Å². The number of rotatable bonds is 2. The number of carbonyl (C=O) groups excluding carboxylic acids is 2. The van der Waals surface area contributed by atoms with Crippen molar-refractivity contribution >= 4 is 11.6 Å². The van der Waals surface area contributed by atoms with Crippen molar-refractivity contribution in [3.8, 4) is 17.2 Å². The Kier molecular flexibility index (Phi) is 5.93. The van der Waals surface area contributed by atoms with Crippen LogP contribution in [0.2, 0.25) is 0 Å². The fraction of sp³-hybridized carbons (Fsp3) is 0.548. The number of aromatic hydroxyl groups is 2. The number of phenolic OH excluding ortho intramolecular Hbond substituents is 2. The highest BCUT2D eigenvalue weighted by atomic mass is 16.7. The van der Waals surface area contributed by atoms with Crippen molar-refractivity contribution in [3.63, 3.8) is 0 Å². The molecule has 2 saturated heterocycles. The third-order valence-electron chi connectivity index (χ3n) is 9.97. The normalized spacial score (nSPS) is 35.4. The highest BCUT2D eigenvalue weighted by molar-refractivity contribution is 6.31. The lowest BCUT2D eigenvalue weighted by atomic mass is 9.71. The van der Waals surface area contributed by atoms with Crippen LogP contribution in [0, 0.1) is 0 Å². The summed E-state index contributed by atoms with van der Waals surface area (Å²) in [7, 11) is 3.40. The summed E-state index contributed by atoms with van der Waals surface area (Å²) < 4.78 is 12.0. The summed E-state index contributed by atoms with van der Waals surface area (Å²) in [5, 5.41) is 56.4. The Bertz CT molecular complexity index is 1550. The molecule has 0 saturated carbocycles. The smallest absolute Gasteiger partial charge is 0.228 e. The van der Waals surface area contributed by atoms with Gasteiger partial charge >= 0.3 is 0 Å². The summed E-state index contributed by atoms with van der Waals surface area (Å²) in [6.45, 7) is 4.92. The van der Waals surface area contributed by atoms with Gasteiger partial charge in [-0.3, -0.25) is 14.5 Å². The molecule has 224 valence electrons. The van der Waals surface area contributed by atoms with Gasteiger partial charge in [0.05, 0.1) is 28.3 Å². The van der Waals surface area contributed by atoms with Crippen LogP contribution in [0.1, 0.15) is 87.7 Å². The number of likely N-dealkylation sites (tertiary alicyclic amines) is 1. The molecule has 2 bridgehead atoms. The Labute approximate surface area is 242 Å². The van der Waals surface area contributed by atoms with Crippen molar-refractivity contribution in [1.29, 1.82) is 0 Å². The lowest BCUT2D eigenvalue weighted by Gasteiger charge is -2.53. The van der Waals surface area contributed by atoms with Crippen molar-refractivity contribution in [3.05, 3.63) is 51.1 Å². The lowest BCUT2D eigenvalue weighted by molar-refractivity contribution is -0.311. The van der Waals surface area contributed by atoms with E-state index in [9.17, 15) is 35.1 Å². The molecular formula is C31H36N2O9. The number of ketones is 2. The molecule has 2 aromatic carbocycles. The maximum Gasteiger partial charge on any atom is 0.228 e. The van der Waals surface area contributed by atoms with Gasteiger partial charge in [0.15, 0.2) is 5.78 Å². The molecule has 7 unspecified atom stereocenters. The van der Waals surface area contributed by atoms with Gasteiger partial charge < -0.3 is 39.9 Å². The lowest BCUT2D eigenvalue weighted by Crippen LogP contribution is -2.68. The molecule has 3 heterocycles. The van der Waals surface area contributed by atoms with Gasteiger partial charge in [0.2, 0.25) is 12.1 Å². The zero-order valence-corrected chi connectivity index (χ0v) is 24.0. The summed E-state index contributed by atoms with van der Waals surface area (Å²) in [6, 6.07) is 1.73. The van der Waals surface area contributed by atoms with E-state index in [0.717, 1.165) is 25.9 Å². The molecule has 0 spiro atoms. The predicted octanol–water partition coefficient (Wildman–Crippen LogP) is 1.32. The van der Waals surface area contributed by atoms with Crippen LogP contribution in [0.4, 0.5) is 0 Å². The summed E-state index contributed by atoms with van der Waals surface area (Å²) >= 11 is 0. The molecule has 5 aliphatic rings. The monoisotopic (exact) mass is 580 g/mol. The first-order valence-electron chi connectivity index (χ1n) is 14.5. The Morgan fingerprint density at radius 1 is 1.00 bits per heavy atom. The second-order valence-corrected chi connectivity index (χ2v) is 13.1. The van der Waals surface area contributed by atoms with E-state index in [1.165, 1.54) is 6.07 Å². The van der Waals surface area contributed by atoms with Crippen molar-refractivity contribution in [1.82, 2.24) is 9.80 Å². The average Bonchev–Trinajstić information content (AvgIpc) is 3.44. The van der Waals surface area contributed by atoms with Gasteiger partial charge in [0, 0.05) is 29.2 Å². The minimum Gasteiger partial charge on any atom is -0.507 e. The standard InChI is InChI=1S/C31H36N2O9/c1-30(40)11-13-9-14-19(24(36)18(13)16(12-30)33-7-5-6-8-33)25(37)20-17(34)10-15-27(21(20)23(14)35)41-29-26(38)22(32(3)4)28(39)31(15,2)42-29/h9-10,16,22,26,28-29,34,36,38-40H,5-8,11-12H2,1-4H3. The van der Waals surface area contributed by atoms with Crippen LogP contribution in [0.3, 0.4) is 0 Å². The molecule has 0 aromatic heterocycles. The van der Waals surface area contributed by atoms with Crippen LogP contribution >= 0.6 is 0 Å².